The summed E-state index contributed by atoms with van der Waals surface area (Å²) in [5, 5.41) is 6.34. The van der Waals surface area contributed by atoms with Crippen molar-refractivity contribution in [1.82, 2.24) is 10.6 Å². The van der Waals surface area contributed by atoms with Crippen LogP contribution in [0, 0.1) is 5.82 Å². The van der Waals surface area contributed by atoms with Crippen molar-refractivity contribution in [3.8, 4) is 5.75 Å². The van der Waals surface area contributed by atoms with Gasteiger partial charge in [-0.3, -0.25) is 9.79 Å². The van der Waals surface area contributed by atoms with Crippen LogP contribution >= 0.6 is 0 Å². The van der Waals surface area contributed by atoms with Gasteiger partial charge in [-0.15, -0.1) is 0 Å². The summed E-state index contributed by atoms with van der Waals surface area (Å²) in [6.07, 6.45) is 2.92. The maximum absolute atomic E-state index is 13.5. The first-order valence-corrected chi connectivity index (χ1v) is 8.49. The van der Waals surface area contributed by atoms with E-state index >= 15 is 0 Å². The Kier molecular flexibility index (Phi) is 10.0. The number of nitrogens with zero attached hydrogens (tertiary/aromatic N) is 1. The number of unbranched alkanes of at least 4 members (excludes halogenated alkanes) is 2. The fraction of sp³-hybridized carbons (Fsp3) is 0.556. The highest BCUT2D eigenvalue weighted by Crippen LogP contribution is 2.16. The molecule has 0 fully saturated rings. The molecule has 2 N–H and O–H groups in total. The molecule has 0 aliphatic heterocycles. The molecule has 0 aliphatic carbocycles. The predicted octanol–water partition coefficient (Wildman–Crippen LogP) is 2.49. The number of aliphatic imine (C=N–C) groups is 1. The Balaban J connectivity index is 2.19. The molecule has 0 radical (unpaired) electrons. The van der Waals surface area contributed by atoms with Gasteiger partial charge in [0.05, 0.1) is 13.7 Å². The van der Waals surface area contributed by atoms with E-state index in [9.17, 15) is 9.18 Å². The first-order valence-electron chi connectivity index (χ1n) is 8.49. The Labute approximate surface area is 148 Å². The van der Waals surface area contributed by atoms with E-state index in [1.54, 1.807) is 25.2 Å². The molecule has 25 heavy (non-hydrogen) atoms. The lowest BCUT2D eigenvalue weighted by Crippen LogP contribution is -2.42. The minimum Gasteiger partial charge on any atom is -0.486 e. The average molecular weight is 353 g/mol. The zero-order valence-electron chi connectivity index (χ0n) is 15.2. The summed E-state index contributed by atoms with van der Waals surface area (Å²) in [6, 6.07) is 6.34. The van der Waals surface area contributed by atoms with Gasteiger partial charge in [0.25, 0.3) is 0 Å². The number of halogens is 1. The van der Waals surface area contributed by atoms with Crippen molar-refractivity contribution in [2.75, 3.05) is 27.2 Å². The topological polar surface area (TPSA) is 72.0 Å². The molecular formula is C18H28FN3O3. The highest BCUT2D eigenvalue weighted by atomic mass is 19.1. The third-order valence-electron chi connectivity index (χ3n) is 3.52. The van der Waals surface area contributed by atoms with Crippen molar-refractivity contribution in [1.29, 1.82) is 0 Å². The summed E-state index contributed by atoms with van der Waals surface area (Å²) in [4.78, 5) is 15.1. The molecule has 1 aromatic carbocycles. The Bertz CT molecular complexity index is 552. The second-order valence-electron chi connectivity index (χ2n) is 5.63. The largest absolute Gasteiger partial charge is 0.486 e. The lowest BCUT2D eigenvalue weighted by Gasteiger charge is -2.18. The fourth-order valence-corrected chi connectivity index (χ4v) is 2.14. The Morgan fingerprint density at radius 3 is 2.68 bits per heavy atom. The Morgan fingerprint density at radius 2 is 2.00 bits per heavy atom. The molecular weight excluding hydrogens is 325 g/mol. The molecule has 7 heteroatoms. The second kappa shape index (κ2) is 12.1. The van der Waals surface area contributed by atoms with Gasteiger partial charge >= 0.3 is 5.97 Å². The van der Waals surface area contributed by atoms with Crippen LogP contribution in [0.25, 0.3) is 0 Å². The maximum atomic E-state index is 13.5. The molecule has 0 aliphatic rings. The van der Waals surface area contributed by atoms with Gasteiger partial charge in [0.15, 0.2) is 17.5 Å². The molecule has 0 saturated heterocycles. The summed E-state index contributed by atoms with van der Waals surface area (Å²) < 4.78 is 23.7. The number of hydrogen-bond donors (Lipinski definition) is 2. The monoisotopic (exact) mass is 353 g/mol. The smallest absolute Gasteiger partial charge is 0.305 e. The number of methoxy groups -OCH3 is 1. The van der Waals surface area contributed by atoms with Gasteiger partial charge in [0.2, 0.25) is 0 Å². The highest BCUT2D eigenvalue weighted by Gasteiger charge is 2.08. The van der Waals surface area contributed by atoms with E-state index in [0.29, 0.717) is 18.9 Å². The van der Waals surface area contributed by atoms with E-state index in [4.69, 9.17) is 4.74 Å². The predicted molar refractivity (Wildman–Crippen MR) is 96.3 cm³/mol. The fourth-order valence-electron chi connectivity index (χ4n) is 2.14. The van der Waals surface area contributed by atoms with Crippen LogP contribution < -0.4 is 15.4 Å². The van der Waals surface area contributed by atoms with Crippen LogP contribution in [0.2, 0.25) is 0 Å². The molecule has 1 unspecified atom stereocenters. The molecule has 0 saturated carbocycles. The van der Waals surface area contributed by atoms with Gasteiger partial charge in [-0.2, -0.15) is 0 Å². The summed E-state index contributed by atoms with van der Waals surface area (Å²) in [6.45, 7) is 3.11. The van der Waals surface area contributed by atoms with Crippen molar-refractivity contribution in [2.24, 2.45) is 4.99 Å². The van der Waals surface area contributed by atoms with Crippen molar-refractivity contribution >= 4 is 11.9 Å². The zero-order valence-corrected chi connectivity index (χ0v) is 15.2. The molecule has 1 atom stereocenters. The molecule has 0 bridgehead atoms. The third-order valence-corrected chi connectivity index (χ3v) is 3.52. The van der Waals surface area contributed by atoms with Crippen molar-refractivity contribution in [3.63, 3.8) is 0 Å². The number of esters is 1. The van der Waals surface area contributed by atoms with E-state index in [1.165, 1.54) is 13.2 Å². The van der Waals surface area contributed by atoms with E-state index in [2.05, 4.69) is 20.4 Å². The highest BCUT2D eigenvalue weighted by molar-refractivity contribution is 5.79. The second-order valence-corrected chi connectivity index (χ2v) is 5.63. The quantitative estimate of drug-likeness (QED) is 0.293. The molecule has 140 valence electrons. The van der Waals surface area contributed by atoms with E-state index in [1.807, 2.05) is 6.92 Å². The number of ether oxygens (including phenoxy) is 2. The number of benzene rings is 1. The minimum atomic E-state index is -0.371. The number of guanidine groups is 1. The SMILES string of the molecule is CN=C(NCCCCCC(=O)OC)NCC(C)Oc1ccccc1F. The average Bonchev–Trinajstić information content (AvgIpc) is 2.62. The van der Waals surface area contributed by atoms with Crippen LogP contribution in [-0.4, -0.2) is 45.3 Å². The summed E-state index contributed by atoms with van der Waals surface area (Å²) >= 11 is 0. The zero-order chi connectivity index (χ0) is 18.5. The number of hydrogen-bond acceptors (Lipinski definition) is 4. The van der Waals surface area contributed by atoms with Crippen LogP contribution in [0.15, 0.2) is 29.3 Å². The molecule has 0 heterocycles. The summed E-state index contributed by atoms with van der Waals surface area (Å²) in [5.74, 6) is 0.361. The molecule has 1 rings (SSSR count). The summed E-state index contributed by atoms with van der Waals surface area (Å²) in [7, 11) is 3.09. The lowest BCUT2D eigenvalue weighted by molar-refractivity contribution is -0.140. The van der Waals surface area contributed by atoms with E-state index in [-0.39, 0.29) is 23.6 Å². The van der Waals surface area contributed by atoms with Gasteiger partial charge in [-0.25, -0.2) is 4.39 Å². The normalized spacial score (nSPS) is 12.4. The Morgan fingerprint density at radius 1 is 1.24 bits per heavy atom. The number of nitrogens with one attached hydrogen (secondary N) is 2. The van der Waals surface area contributed by atoms with Crippen molar-refractivity contribution in [3.05, 3.63) is 30.1 Å². The van der Waals surface area contributed by atoms with E-state index in [0.717, 1.165) is 25.8 Å². The molecule has 0 amide bonds. The number of carbonyl (C=O) groups excluding carboxylic acids is 1. The van der Waals surface area contributed by atoms with Crippen LogP contribution in [0.4, 0.5) is 4.39 Å². The number of para-hydroxylation sites is 1. The van der Waals surface area contributed by atoms with Gasteiger partial charge in [0.1, 0.15) is 6.10 Å². The van der Waals surface area contributed by atoms with Gasteiger partial charge in [-0.1, -0.05) is 18.6 Å². The third kappa shape index (κ3) is 8.93. The number of rotatable bonds is 10. The maximum Gasteiger partial charge on any atom is 0.305 e. The van der Waals surface area contributed by atoms with E-state index < -0.39 is 0 Å². The number of carbonyl (C=O) groups is 1. The van der Waals surface area contributed by atoms with Crippen molar-refractivity contribution < 1.29 is 18.7 Å². The minimum absolute atomic E-state index is 0.172. The van der Waals surface area contributed by atoms with Gasteiger partial charge in [-0.05, 0) is 31.9 Å². The van der Waals surface area contributed by atoms with Crippen LogP contribution in [0.1, 0.15) is 32.6 Å². The van der Waals surface area contributed by atoms with Crippen LogP contribution in [0.5, 0.6) is 5.75 Å². The van der Waals surface area contributed by atoms with Gasteiger partial charge < -0.3 is 20.1 Å². The molecule has 0 spiro atoms. The standard InChI is InChI=1S/C18H28FN3O3/c1-14(25-16-10-7-6-9-15(16)19)13-22-18(20-2)21-12-8-4-5-11-17(23)24-3/h6-7,9-10,14H,4-5,8,11-13H2,1-3H3,(H2,20,21,22). The van der Waals surface area contributed by atoms with Crippen molar-refractivity contribution in [2.45, 2.75) is 38.7 Å². The Hall–Kier alpha value is -2.31. The van der Waals surface area contributed by atoms with Gasteiger partial charge in [0, 0.05) is 20.0 Å². The first kappa shape index (κ1) is 20.7. The molecule has 6 nitrogen and oxygen atoms in total. The lowest BCUT2D eigenvalue weighted by atomic mass is 10.2. The van der Waals surface area contributed by atoms with Crippen LogP contribution in [0.3, 0.4) is 0 Å². The molecule has 0 aromatic heterocycles. The first-order chi connectivity index (χ1) is 12.1. The molecule has 1 aromatic rings. The van der Waals surface area contributed by atoms with Crippen LogP contribution in [-0.2, 0) is 9.53 Å². The summed E-state index contributed by atoms with van der Waals surface area (Å²) in [5.41, 5.74) is 0.